The van der Waals surface area contributed by atoms with Crippen molar-refractivity contribution < 1.29 is 13.6 Å². The summed E-state index contributed by atoms with van der Waals surface area (Å²) in [6.07, 6.45) is 1.83. The van der Waals surface area contributed by atoms with Gasteiger partial charge in [-0.05, 0) is 30.9 Å². The lowest BCUT2D eigenvalue weighted by molar-refractivity contribution is 0.186. The molecule has 1 aliphatic heterocycles. The highest BCUT2D eigenvalue weighted by atomic mass is 79.9. The van der Waals surface area contributed by atoms with Crippen LogP contribution in [0.1, 0.15) is 19.8 Å². The molecule has 19 heavy (non-hydrogen) atoms. The van der Waals surface area contributed by atoms with Gasteiger partial charge in [0.2, 0.25) is 0 Å². The second-order valence-corrected chi connectivity index (χ2v) is 5.76. The van der Waals surface area contributed by atoms with Gasteiger partial charge in [-0.1, -0.05) is 22.9 Å². The van der Waals surface area contributed by atoms with Gasteiger partial charge in [-0.15, -0.1) is 0 Å². The van der Waals surface area contributed by atoms with Crippen LogP contribution in [0.5, 0.6) is 0 Å². The minimum atomic E-state index is -0.786. The normalized spacial score (nSPS) is 16.5. The molecule has 0 atom stereocenters. The summed E-state index contributed by atoms with van der Waals surface area (Å²) in [5.41, 5.74) is -0.396. The smallest absolute Gasteiger partial charge is 0.322 e. The van der Waals surface area contributed by atoms with E-state index in [-0.39, 0.29) is 0 Å². The van der Waals surface area contributed by atoms with Crippen molar-refractivity contribution in [2.45, 2.75) is 19.8 Å². The van der Waals surface area contributed by atoms with Gasteiger partial charge in [0.25, 0.3) is 0 Å². The van der Waals surface area contributed by atoms with E-state index in [4.69, 9.17) is 0 Å². The largest absolute Gasteiger partial charge is 0.325 e. The third kappa shape index (κ3) is 3.43. The zero-order valence-corrected chi connectivity index (χ0v) is 12.1. The van der Waals surface area contributed by atoms with Gasteiger partial charge in [0.1, 0.15) is 5.69 Å². The first kappa shape index (κ1) is 14.2. The molecule has 6 heteroatoms. The standard InChI is InChI=1S/C13H15BrF2N2O/c1-8-2-4-18(5-3-8)13(19)17-12-10(15)6-9(14)7-11(12)16/h6-8H,2-5H2,1H3,(H,17,19). The Bertz CT molecular complexity index is 465. The van der Waals surface area contributed by atoms with Crippen LogP contribution in [0.2, 0.25) is 0 Å². The molecule has 2 rings (SSSR count). The van der Waals surface area contributed by atoms with Crippen LogP contribution in [0.3, 0.4) is 0 Å². The third-order valence-electron chi connectivity index (χ3n) is 3.31. The van der Waals surface area contributed by atoms with E-state index >= 15 is 0 Å². The predicted octanol–water partition coefficient (Wildman–Crippen LogP) is 3.99. The molecule has 0 radical (unpaired) electrons. The molecule has 3 nitrogen and oxygen atoms in total. The monoisotopic (exact) mass is 332 g/mol. The Balaban J connectivity index is 2.07. The molecule has 0 aliphatic carbocycles. The lowest BCUT2D eigenvalue weighted by Crippen LogP contribution is -2.40. The molecule has 1 aliphatic rings. The number of benzene rings is 1. The van der Waals surface area contributed by atoms with Crippen molar-refractivity contribution in [2.24, 2.45) is 5.92 Å². The fraction of sp³-hybridized carbons (Fsp3) is 0.462. The molecule has 0 saturated carbocycles. The average Bonchev–Trinajstić information content (AvgIpc) is 2.34. The molecule has 1 N–H and O–H groups in total. The van der Waals surface area contributed by atoms with Gasteiger partial charge in [-0.2, -0.15) is 0 Å². The first-order valence-electron chi connectivity index (χ1n) is 6.18. The van der Waals surface area contributed by atoms with Crippen LogP contribution in [-0.2, 0) is 0 Å². The zero-order valence-electron chi connectivity index (χ0n) is 10.5. The fourth-order valence-corrected chi connectivity index (χ4v) is 2.46. The number of carbonyl (C=O) groups is 1. The van der Waals surface area contributed by atoms with Gasteiger partial charge in [0.15, 0.2) is 11.6 Å². The lowest BCUT2D eigenvalue weighted by atomic mass is 10.00. The van der Waals surface area contributed by atoms with Gasteiger partial charge >= 0.3 is 6.03 Å². The van der Waals surface area contributed by atoms with E-state index in [9.17, 15) is 13.6 Å². The molecule has 1 aromatic carbocycles. The zero-order chi connectivity index (χ0) is 14.0. The van der Waals surface area contributed by atoms with Crippen LogP contribution < -0.4 is 5.32 Å². The highest BCUT2D eigenvalue weighted by Crippen LogP contribution is 2.24. The molecule has 0 unspecified atom stereocenters. The van der Waals surface area contributed by atoms with Crippen molar-refractivity contribution >= 4 is 27.6 Å². The number of likely N-dealkylation sites (tertiary alicyclic amines) is 1. The van der Waals surface area contributed by atoms with E-state index in [1.165, 1.54) is 0 Å². The SMILES string of the molecule is CC1CCN(C(=O)Nc2c(F)cc(Br)cc2F)CC1. The van der Waals surface area contributed by atoms with Crippen LogP contribution in [0.15, 0.2) is 16.6 Å². The molecule has 1 saturated heterocycles. The summed E-state index contributed by atoms with van der Waals surface area (Å²) >= 11 is 2.99. The second kappa shape index (κ2) is 5.86. The van der Waals surface area contributed by atoms with Crippen molar-refractivity contribution in [1.82, 2.24) is 4.90 Å². The summed E-state index contributed by atoms with van der Waals surface area (Å²) in [7, 11) is 0. The maximum Gasteiger partial charge on any atom is 0.322 e. The van der Waals surface area contributed by atoms with E-state index < -0.39 is 23.4 Å². The quantitative estimate of drug-likeness (QED) is 0.828. The number of carbonyl (C=O) groups excluding carboxylic acids is 1. The number of hydrogen-bond donors (Lipinski definition) is 1. The number of amides is 2. The minimum absolute atomic E-state index is 0.298. The Morgan fingerprint density at radius 3 is 2.37 bits per heavy atom. The number of urea groups is 1. The van der Waals surface area contributed by atoms with E-state index in [0.29, 0.717) is 23.5 Å². The number of hydrogen-bond acceptors (Lipinski definition) is 1. The van der Waals surface area contributed by atoms with E-state index in [2.05, 4.69) is 28.2 Å². The number of piperidine rings is 1. The van der Waals surface area contributed by atoms with Crippen LogP contribution in [-0.4, -0.2) is 24.0 Å². The molecule has 1 fully saturated rings. The molecule has 1 aromatic rings. The summed E-state index contributed by atoms with van der Waals surface area (Å²) < 4.78 is 27.5. The second-order valence-electron chi connectivity index (χ2n) is 4.84. The number of nitrogens with one attached hydrogen (secondary N) is 1. The van der Waals surface area contributed by atoms with Crippen molar-refractivity contribution in [1.29, 1.82) is 0 Å². The first-order chi connectivity index (χ1) is 8.97. The molecule has 0 spiro atoms. The number of nitrogens with zero attached hydrogens (tertiary/aromatic N) is 1. The summed E-state index contributed by atoms with van der Waals surface area (Å²) in [6, 6.07) is 1.79. The molecular formula is C13H15BrF2N2O. The van der Waals surface area contributed by atoms with Gasteiger partial charge in [0, 0.05) is 17.6 Å². The Hall–Kier alpha value is -1.17. The summed E-state index contributed by atoms with van der Waals surface area (Å²) in [5.74, 6) is -0.985. The lowest BCUT2D eigenvalue weighted by Gasteiger charge is -2.30. The maximum atomic E-state index is 13.6. The molecule has 1 heterocycles. The first-order valence-corrected chi connectivity index (χ1v) is 6.97. The Morgan fingerprint density at radius 2 is 1.84 bits per heavy atom. The van der Waals surface area contributed by atoms with Crippen LogP contribution in [0.25, 0.3) is 0 Å². The van der Waals surface area contributed by atoms with E-state index in [1.807, 2.05) is 0 Å². The van der Waals surface area contributed by atoms with Gasteiger partial charge in [-0.3, -0.25) is 0 Å². The predicted molar refractivity (Wildman–Crippen MR) is 73.0 cm³/mol. The number of halogens is 3. The van der Waals surface area contributed by atoms with Gasteiger partial charge in [-0.25, -0.2) is 13.6 Å². The molecular weight excluding hydrogens is 318 g/mol. The topological polar surface area (TPSA) is 32.3 Å². The molecule has 2 amide bonds. The average molecular weight is 333 g/mol. The summed E-state index contributed by atoms with van der Waals surface area (Å²) in [5, 5.41) is 2.31. The van der Waals surface area contributed by atoms with Crippen LogP contribution in [0.4, 0.5) is 19.3 Å². The van der Waals surface area contributed by atoms with Crippen molar-refractivity contribution in [2.75, 3.05) is 18.4 Å². The van der Waals surface area contributed by atoms with Crippen molar-refractivity contribution in [3.8, 4) is 0 Å². The van der Waals surface area contributed by atoms with Crippen molar-refractivity contribution in [3.05, 3.63) is 28.2 Å². The van der Waals surface area contributed by atoms with E-state index in [1.54, 1.807) is 4.90 Å². The number of rotatable bonds is 1. The van der Waals surface area contributed by atoms with Crippen molar-refractivity contribution in [3.63, 3.8) is 0 Å². The van der Waals surface area contributed by atoms with E-state index in [0.717, 1.165) is 25.0 Å². The molecule has 0 bridgehead atoms. The summed E-state index contributed by atoms with van der Waals surface area (Å²) in [4.78, 5) is 13.5. The highest BCUT2D eigenvalue weighted by Gasteiger charge is 2.22. The third-order valence-corrected chi connectivity index (χ3v) is 3.77. The Kier molecular flexibility index (Phi) is 4.39. The fourth-order valence-electron chi connectivity index (χ4n) is 2.06. The number of anilines is 1. The summed E-state index contributed by atoms with van der Waals surface area (Å²) in [6.45, 7) is 3.36. The van der Waals surface area contributed by atoms with Crippen LogP contribution >= 0.6 is 15.9 Å². The Labute approximate surface area is 119 Å². The maximum absolute atomic E-state index is 13.6. The minimum Gasteiger partial charge on any atom is -0.325 e. The molecule has 0 aromatic heterocycles. The molecule has 104 valence electrons. The van der Waals surface area contributed by atoms with Gasteiger partial charge < -0.3 is 10.2 Å². The van der Waals surface area contributed by atoms with Gasteiger partial charge in [0.05, 0.1) is 0 Å². The van der Waals surface area contributed by atoms with Crippen LogP contribution in [0, 0.1) is 17.6 Å². The Morgan fingerprint density at radius 1 is 1.32 bits per heavy atom. The highest BCUT2D eigenvalue weighted by molar-refractivity contribution is 9.10.